The zero-order valence-electron chi connectivity index (χ0n) is 17.6. The lowest BCUT2D eigenvalue weighted by Gasteiger charge is -2.36. The Hall–Kier alpha value is -3.06. The van der Waals surface area contributed by atoms with Crippen LogP contribution in [0.25, 0.3) is 0 Å². The number of benzene rings is 2. The standard InChI is InChI=1S/C25H22ClF3N2O2/c26-20-11-12-22(30-15-20)24(31-23(32)18-9-10-18,14-17-5-2-1-3-6-17)19-7-4-8-21(13-19)33-16-25(27,28)29/h1-8,11-13,15,18H,9-10,14,16H2,(H,31,32). The van der Waals surface area contributed by atoms with Crippen LogP contribution in [0.15, 0.2) is 72.9 Å². The van der Waals surface area contributed by atoms with Crippen molar-refractivity contribution in [3.8, 4) is 5.75 Å². The molecule has 2 aromatic carbocycles. The van der Waals surface area contributed by atoms with Gasteiger partial charge in [0.25, 0.3) is 0 Å². The van der Waals surface area contributed by atoms with Crippen molar-refractivity contribution in [3.05, 3.63) is 94.8 Å². The van der Waals surface area contributed by atoms with Crippen molar-refractivity contribution in [2.45, 2.75) is 31.0 Å². The molecule has 33 heavy (non-hydrogen) atoms. The summed E-state index contributed by atoms with van der Waals surface area (Å²) in [4.78, 5) is 17.5. The molecular formula is C25H22ClF3N2O2. The quantitative estimate of drug-likeness (QED) is 0.456. The molecule has 0 bridgehead atoms. The van der Waals surface area contributed by atoms with Gasteiger partial charge < -0.3 is 10.1 Å². The lowest BCUT2D eigenvalue weighted by molar-refractivity contribution is -0.153. The fraction of sp³-hybridized carbons (Fsp3) is 0.280. The molecule has 1 amide bonds. The SMILES string of the molecule is O=C(NC(Cc1ccccc1)(c1cccc(OCC(F)(F)F)c1)c1ccc(Cl)cn1)C1CC1. The summed E-state index contributed by atoms with van der Waals surface area (Å²) in [5.74, 6) is -0.154. The Morgan fingerprint density at radius 1 is 1.06 bits per heavy atom. The molecule has 4 nitrogen and oxygen atoms in total. The van der Waals surface area contributed by atoms with Crippen LogP contribution < -0.4 is 10.1 Å². The second-order valence-electron chi connectivity index (χ2n) is 8.12. The number of pyridine rings is 1. The number of ether oxygens (including phenoxy) is 1. The molecule has 8 heteroatoms. The van der Waals surface area contributed by atoms with Crippen molar-refractivity contribution in [2.75, 3.05) is 6.61 Å². The first-order valence-corrected chi connectivity index (χ1v) is 10.9. The molecule has 1 unspecified atom stereocenters. The first kappa shape index (κ1) is 23.1. The van der Waals surface area contributed by atoms with Gasteiger partial charge in [-0.3, -0.25) is 9.78 Å². The van der Waals surface area contributed by atoms with E-state index < -0.39 is 18.3 Å². The number of alkyl halides is 3. The molecule has 3 aromatic rings. The molecular weight excluding hydrogens is 453 g/mol. The van der Waals surface area contributed by atoms with E-state index in [1.807, 2.05) is 30.3 Å². The van der Waals surface area contributed by atoms with Crippen molar-refractivity contribution >= 4 is 17.5 Å². The van der Waals surface area contributed by atoms with Gasteiger partial charge in [-0.2, -0.15) is 13.2 Å². The molecule has 1 aliphatic rings. The summed E-state index contributed by atoms with van der Waals surface area (Å²) >= 11 is 6.07. The Morgan fingerprint density at radius 3 is 2.45 bits per heavy atom. The molecule has 0 aliphatic heterocycles. The van der Waals surface area contributed by atoms with Gasteiger partial charge in [-0.05, 0) is 48.2 Å². The summed E-state index contributed by atoms with van der Waals surface area (Å²) in [6.07, 6.45) is -1.03. The summed E-state index contributed by atoms with van der Waals surface area (Å²) < 4.78 is 43.2. The largest absolute Gasteiger partial charge is 0.484 e. The van der Waals surface area contributed by atoms with E-state index in [4.69, 9.17) is 16.3 Å². The maximum atomic E-state index is 13.0. The zero-order valence-corrected chi connectivity index (χ0v) is 18.4. The van der Waals surface area contributed by atoms with E-state index in [1.165, 1.54) is 18.3 Å². The number of amides is 1. The van der Waals surface area contributed by atoms with E-state index in [-0.39, 0.29) is 17.6 Å². The molecule has 1 aliphatic carbocycles. The number of hydrogen-bond acceptors (Lipinski definition) is 3. The second kappa shape index (κ2) is 9.43. The number of aromatic nitrogens is 1. The average molecular weight is 475 g/mol. The van der Waals surface area contributed by atoms with E-state index in [0.29, 0.717) is 22.7 Å². The van der Waals surface area contributed by atoms with Gasteiger partial charge in [-0.25, -0.2) is 0 Å². The Morgan fingerprint density at radius 2 is 1.82 bits per heavy atom. The van der Waals surface area contributed by atoms with Crippen LogP contribution in [-0.4, -0.2) is 23.7 Å². The monoisotopic (exact) mass is 474 g/mol. The van der Waals surface area contributed by atoms with E-state index >= 15 is 0 Å². The van der Waals surface area contributed by atoms with Gasteiger partial charge in [0.2, 0.25) is 5.91 Å². The summed E-state index contributed by atoms with van der Waals surface area (Å²) in [5, 5.41) is 3.60. The van der Waals surface area contributed by atoms with Crippen molar-refractivity contribution < 1.29 is 22.7 Å². The van der Waals surface area contributed by atoms with Gasteiger partial charge >= 0.3 is 6.18 Å². The van der Waals surface area contributed by atoms with Crippen LogP contribution in [0.2, 0.25) is 5.02 Å². The molecule has 172 valence electrons. The third-order valence-electron chi connectivity index (χ3n) is 5.49. The molecule has 1 saturated carbocycles. The van der Waals surface area contributed by atoms with Gasteiger partial charge in [0, 0.05) is 18.5 Å². The van der Waals surface area contributed by atoms with Crippen LogP contribution in [0, 0.1) is 5.92 Å². The molecule has 0 saturated heterocycles. The Balaban J connectivity index is 1.82. The van der Waals surface area contributed by atoms with E-state index in [1.54, 1.807) is 24.3 Å². The fourth-order valence-corrected chi connectivity index (χ4v) is 3.84. The van der Waals surface area contributed by atoms with E-state index in [2.05, 4.69) is 10.3 Å². The van der Waals surface area contributed by atoms with E-state index in [9.17, 15) is 18.0 Å². The maximum absolute atomic E-state index is 13.0. The molecule has 1 fully saturated rings. The molecule has 4 rings (SSSR count). The van der Waals surface area contributed by atoms with Crippen LogP contribution >= 0.6 is 11.6 Å². The predicted octanol–water partition coefficient (Wildman–Crippen LogP) is 5.69. The van der Waals surface area contributed by atoms with Crippen molar-refractivity contribution in [3.63, 3.8) is 0 Å². The van der Waals surface area contributed by atoms with Gasteiger partial charge in [0.15, 0.2) is 6.61 Å². The first-order chi connectivity index (χ1) is 15.7. The van der Waals surface area contributed by atoms with Crippen molar-refractivity contribution in [2.24, 2.45) is 5.92 Å². The number of carbonyl (C=O) groups excluding carboxylic acids is 1. The third-order valence-corrected chi connectivity index (χ3v) is 5.71. The summed E-state index contributed by atoms with van der Waals surface area (Å²) in [7, 11) is 0. The lowest BCUT2D eigenvalue weighted by Crippen LogP contribution is -2.49. The first-order valence-electron chi connectivity index (χ1n) is 10.5. The minimum absolute atomic E-state index is 0.0527. The van der Waals surface area contributed by atoms with Crippen LogP contribution in [0.3, 0.4) is 0 Å². The van der Waals surface area contributed by atoms with E-state index in [0.717, 1.165) is 18.4 Å². The zero-order chi connectivity index (χ0) is 23.5. The van der Waals surface area contributed by atoms with Gasteiger partial charge in [0.1, 0.15) is 11.3 Å². The van der Waals surface area contributed by atoms with Crippen LogP contribution in [0.4, 0.5) is 13.2 Å². The summed E-state index contributed by atoms with van der Waals surface area (Å²) in [5.41, 5.74) is 0.878. The highest BCUT2D eigenvalue weighted by Crippen LogP contribution is 2.37. The predicted molar refractivity (Wildman–Crippen MR) is 119 cm³/mol. The van der Waals surface area contributed by atoms with Crippen LogP contribution in [-0.2, 0) is 16.8 Å². The Bertz CT molecular complexity index is 1100. The van der Waals surface area contributed by atoms with Gasteiger partial charge in [-0.1, -0.05) is 54.1 Å². The molecule has 1 atom stereocenters. The number of halogens is 4. The highest BCUT2D eigenvalue weighted by molar-refractivity contribution is 6.30. The number of nitrogens with one attached hydrogen (secondary N) is 1. The second-order valence-corrected chi connectivity index (χ2v) is 8.56. The van der Waals surface area contributed by atoms with Gasteiger partial charge in [0.05, 0.1) is 10.7 Å². The Labute approximate surface area is 194 Å². The topological polar surface area (TPSA) is 51.2 Å². The molecule has 0 spiro atoms. The summed E-state index contributed by atoms with van der Waals surface area (Å²) in [6.45, 7) is -1.41. The molecule has 1 heterocycles. The summed E-state index contributed by atoms with van der Waals surface area (Å²) in [6, 6.07) is 19.3. The van der Waals surface area contributed by atoms with Crippen LogP contribution in [0.5, 0.6) is 5.75 Å². The van der Waals surface area contributed by atoms with Gasteiger partial charge in [-0.15, -0.1) is 0 Å². The average Bonchev–Trinajstić information content (AvgIpc) is 3.64. The smallest absolute Gasteiger partial charge is 0.422 e. The Kier molecular flexibility index (Phi) is 6.61. The number of nitrogens with zero attached hydrogens (tertiary/aromatic N) is 1. The third kappa shape index (κ3) is 5.85. The number of rotatable bonds is 8. The van der Waals surface area contributed by atoms with Crippen molar-refractivity contribution in [1.82, 2.24) is 10.3 Å². The molecule has 1 N–H and O–H groups in total. The van der Waals surface area contributed by atoms with Crippen LogP contribution in [0.1, 0.15) is 29.7 Å². The minimum atomic E-state index is -4.46. The normalized spacial score (nSPS) is 15.5. The lowest BCUT2D eigenvalue weighted by atomic mass is 9.80. The maximum Gasteiger partial charge on any atom is 0.422 e. The minimum Gasteiger partial charge on any atom is -0.484 e. The highest BCUT2D eigenvalue weighted by atomic mass is 35.5. The highest BCUT2D eigenvalue weighted by Gasteiger charge is 2.41. The fourth-order valence-electron chi connectivity index (χ4n) is 3.73. The molecule has 0 radical (unpaired) electrons. The molecule has 1 aromatic heterocycles. The van der Waals surface area contributed by atoms with Crippen molar-refractivity contribution in [1.29, 1.82) is 0 Å². The number of carbonyl (C=O) groups is 1. The number of hydrogen-bond donors (Lipinski definition) is 1.